The molecule has 1 aromatic rings. The van der Waals surface area contributed by atoms with E-state index in [0.717, 1.165) is 31.5 Å². The molecule has 1 N–H and O–H groups in total. The van der Waals surface area contributed by atoms with Gasteiger partial charge in [-0.1, -0.05) is 12.1 Å². The van der Waals surface area contributed by atoms with Crippen molar-refractivity contribution >= 4 is 0 Å². The van der Waals surface area contributed by atoms with Crippen LogP contribution in [-0.4, -0.2) is 29.2 Å². The second-order valence-electron chi connectivity index (χ2n) is 4.53. The van der Waals surface area contributed by atoms with Crippen LogP contribution in [0, 0.1) is 12.7 Å². The highest BCUT2D eigenvalue weighted by atomic mass is 19.1. The summed E-state index contributed by atoms with van der Waals surface area (Å²) in [5.41, 5.74) is 1.82. The smallest absolute Gasteiger partial charge is 0.126 e. The minimum Gasteiger partial charge on any atom is -0.395 e. The number of hydrogen-bond donors (Lipinski definition) is 1. The van der Waals surface area contributed by atoms with Crippen molar-refractivity contribution in [3.8, 4) is 0 Å². The van der Waals surface area contributed by atoms with Gasteiger partial charge in [0.2, 0.25) is 0 Å². The van der Waals surface area contributed by atoms with Gasteiger partial charge in [0, 0.05) is 12.6 Å². The average molecular weight is 223 g/mol. The zero-order chi connectivity index (χ0) is 11.5. The Bertz CT molecular complexity index is 367. The maximum absolute atomic E-state index is 13.1. The van der Waals surface area contributed by atoms with Crippen molar-refractivity contribution in [3.05, 3.63) is 35.1 Å². The van der Waals surface area contributed by atoms with Crippen LogP contribution in [0.25, 0.3) is 0 Å². The lowest BCUT2D eigenvalue weighted by molar-refractivity contribution is 0.153. The predicted molar refractivity (Wildman–Crippen MR) is 61.7 cm³/mol. The molecule has 2 rings (SSSR count). The van der Waals surface area contributed by atoms with Gasteiger partial charge in [0.15, 0.2) is 0 Å². The summed E-state index contributed by atoms with van der Waals surface area (Å²) >= 11 is 0. The highest BCUT2D eigenvalue weighted by molar-refractivity contribution is 5.24. The van der Waals surface area contributed by atoms with Crippen LogP contribution in [0.4, 0.5) is 4.39 Å². The molecule has 16 heavy (non-hydrogen) atoms. The molecule has 0 radical (unpaired) electrons. The number of rotatable bonds is 3. The van der Waals surface area contributed by atoms with Crippen LogP contribution in [0.3, 0.4) is 0 Å². The molecule has 88 valence electrons. The Labute approximate surface area is 95.7 Å². The molecule has 1 saturated heterocycles. The Hall–Kier alpha value is -0.930. The van der Waals surface area contributed by atoms with Gasteiger partial charge in [-0.3, -0.25) is 4.90 Å². The van der Waals surface area contributed by atoms with Crippen molar-refractivity contribution in [1.82, 2.24) is 4.90 Å². The van der Waals surface area contributed by atoms with Crippen molar-refractivity contribution in [1.29, 1.82) is 0 Å². The van der Waals surface area contributed by atoms with Gasteiger partial charge in [-0.2, -0.15) is 0 Å². The minimum absolute atomic E-state index is 0.149. The number of aryl methyl sites for hydroxylation is 1. The number of hydrogen-bond acceptors (Lipinski definition) is 2. The summed E-state index contributed by atoms with van der Waals surface area (Å²) < 4.78 is 13.1. The van der Waals surface area contributed by atoms with Crippen LogP contribution < -0.4 is 0 Å². The summed E-state index contributed by atoms with van der Waals surface area (Å²) in [7, 11) is 0. The number of benzene rings is 1. The molecule has 2 nitrogen and oxygen atoms in total. The highest BCUT2D eigenvalue weighted by Crippen LogP contribution is 2.20. The van der Waals surface area contributed by atoms with Gasteiger partial charge in [0.05, 0.1) is 6.61 Å². The molecule has 1 aliphatic rings. The standard InChI is InChI=1S/C13H18FNO/c1-10-7-11(4-5-13(10)14)8-15-6-2-3-12(15)9-16/h4-5,7,12,16H,2-3,6,8-9H2,1H3. The minimum atomic E-state index is -0.149. The second-order valence-corrected chi connectivity index (χ2v) is 4.53. The quantitative estimate of drug-likeness (QED) is 0.848. The largest absolute Gasteiger partial charge is 0.395 e. The lowest BCUT2D eigenvalue weighted by Gasteiger charge is -2.22. The van der Waals surface area contributed by atoms with Gasteiger partial charge in [-0.15, -0.1) is 0 Å². The van der Waals surface area contributed by atoms with Crippen LogP contribution in [0.15, 0.2) is 18.2 Å². The maximum atomic E-state index is 13.1. The first kappa shape index (κ1) is 11.6. The monoisotopic (exact) mass is 223 g/mol. The van der Waals surface area contributed by atoms with Gasteiger partial charge < -0.3 is 5.11 Å². The Kier molecular flexibility index (Phi) is 3.56. The first-order valence-electron chi connectivity index (χ1n) is 5.80. The second kappa shape index (κ2) is 4.93. The fourth-order valence-electron chi connectivity index (χ4n) is 2.35. The Morgan fingerprint density at radius 2 is 2.31 bits per heavy atom. The molecule has 0 aliphatic carbocycles. The van der Waals surface area contributed by atoms with Crippen LogP contribution in [0.5, 0.6) is 0 Å². The summed E-state index contributed by atoms with van der Waals surface area (Å²) in [5.74, 6) is -0.149. The Morgan fingerprint density at radius 3 is 3.00 bits per heavy atom. The Morgan fingerprint density at radius 1 is 1.50 bits per heavy atom. The molecule has 1 atom stereocenters. The van der Waals surface area contributed by atoms with Gasteiger partial charge in [-0.05, 0) is 43.5 Å². The maximum Gasteiger partial charge on any atom is 0.126 e. The van der Waals surface area contributed by atoms with E-state index in [9.17, 15) is 9.50 Å². The molecule has 0 spiro atoms. The molecule has 0 amide bonds. The number of nitrogens with zero attached hydrogens (tertiary/aromatic N) is 1. The topological polar surface area (TPSA) is 23.5 Å². The molecule has 1 aliphatic heterocycles. The van der Waals surface area contributed by atoms with Crippen LogP contribution in [0.2, 0.25) is 0 Å². The van der Waals surface area contributed by atoms with E-state index in [1.165, 1.54) is 6.07 Å². The third kappa shape index (κ3) is 2.42. The third-order valence-electron chi connectivity index (χ3n) is 3.32. The van der Waals surface area contributed by atoms with E-state index in [2.05, 4.69) is 4.90 Å². The van der Waals surface area contributed by atoms with E-state index in [1.54, 1.807) is 6.92 Å². The summed E-state index contributed by atoms with van der Waals surface area (Å²) in [4.78, 5) is 2.27. The predicted octanol–water partition coefficient (Wildman–Crippen LogP) is 2.09. The number of aliphatic hydroxyl groups excluding tert-OH is 1. The summed E-state index contributed by atoms with van der Waals surface area (Å²) in [6, 6.07) is 5.52. The van der Waals surface area contributed by atoms with E-state index in [-0.39, 0.29) is 18.5 Å². The normalized spacial score (nSPS) is 21.6. The Balaban J connectivity index is 2.05. The van der Waals surface area contributed by atoms with Gasteiger partial charge in [0.25, 0.3) is 0 Å². The van der Waals surface area contributed by atoms with E-state index < -0.39 is 0 Å². The summed E-state index contributed by atoms with van der Waals surface area (Å²) in [6.07, 6.45) is 2.21. The molecule has 1 fully saturated rings. The summed E-state index contributed by atoms with van der Waals surface area (Å²) in [6.45, 7) is 3.85. The van der Waals surface area contributed by atoms with E-state index in [1.807, 2.05) is 12.1 Å². The fraction of sp³-hybridized carbons (Fsp3) is 0.538. The van der Waals surface area contributed by atoms with Gasteiger partial charge in [-0.25, -0.2) is 4.39 Å². The number of likely N-dealkylation sites (tertiary alicyclic amines) is 1. The first-order valence-corrected chi connectivity index (χ1v) is 5.80. The zero-order valence-corrected chi connectivity index (χ0v) is 9.62. The van der Waals surface area contributed by atoms with Crippen LogP contribution in [-0.2, 0) is 6.54 Å². The van der Waals surface area contributed by atoms with Crippen molar-refractivity contribution in [2.75, 3.05) is 13.2 Å². The fourth-order valence-corrected chi connectivity index (χ4v) is 2.35. The summed E-state index contributed by atoms with van der Waals surface area (Å²) in [5, 5.41) is 9.21. The molecule has 0 saturated carbocycles. The SMILES string of the molecule is Cc1cc(CN2CCCC2CO)ccc1F. The van der Waals surface area contributed by atoms with Crippen molar-refractivity contribution in [3.63, 3.8) is 0 Å². The van der Waals surface area contributed by atoms with Crippen molar-refractivity contribution in [2.24, 2.45) is 0 Å². The van der Waals surface area contributed by atoms with Crippen molar-refractivity contribution in [2.45, 2.75) is 32.4 Å². The van der Waals surface area contributed by atoms with E-state index in [4.69, 9.17) is 0 Å². The molecule has 1 unspecified atom stereocenters. The molecule has 1 heterocycles. The van der Waals surface area contributed by atoms with Crippen LogP contribution >= 0.6 is 0 Å². The molecule has 3 heteroatoms. The first-order chi connectivity index (χ1) is 7.70. The lowest BCUT2D eigenvalue weighted by Crippen LogP contribution is -2.31. The average Bonchev–Trinajstić information content (AvgIpc) is 2.71. The van der Waals surface area contributed by atoms with Crippen LogP contribution in [0.1, 0.15) is 24.0 Å². The molecule has 1 aromatic carbocycles. The zero-order valence-electron chi connectivity index (χ0n) is 9.62. The number of aliphatic hydroxyl groups is 1. The lowest BCUT2D eigenvalue weighted by atomic mass is 10.1. The number of halogens is 1. The molecular weight excluding hydrogens is 205 g/mol. The molecule has 0 aromatic heterocycles. The van der Waals surface area contributed by atoms with Crippen molar-refractivity contribution < 1.29 is 9.50 Å². The third-order valence-corrected chi connectivity index (χ3v) is 3.32. The van der Waals surface area contributed by atoms with Gasteiger partial charge in [0.1, 0.15) is 5.82 Å². The van der Waals surface area contributed by atoms with E-state index in [0.29, 0.717) is 5.56 Å². The van der Waals surface area contributed by atoms with Gasteiger partial charge >= 0.3 is 0 Å². The highest BCUT2D eigenvalue weighted by Gasteiger charge is 2.23. The molecule has 0 bridgehead atoms. The molecular formula is C13H18FNO. The van der Waals surface area contributed by atoms with E-state index >= 15 is 0 Å².